The van der Waals surface area contributed by atoms with E-state index in [0.29, 0.717) is 5.56 Å². The van der Waals surface area contributed by atoms with Gasteiger partial charge in [-0.25, -0.2) is 0 Å². The van der Waals surface area contributed by atoms with E-state index in [1.54, 1.807) is 12.1 Å². The molecule has 0 saturated carbocycles. The van der Waals surface area contributed by atoms with Crippen LogP contribution in [0, 0.1) is 0 Å². The fraction of sp³-hybridized carbons (Fsp3) is 0.600. The van der Waals surface area contributed by atoms with E-state index in [2.05, 4.69) is 0 Å². The van der Waals surface area contributed by atoms with Gasteiger partial charge < -0.3 is 5.11 Å². The van der Waals surface area contributed by atoms with E-state index >= 15 is 0 Å². The van der Waals surface area contributed by atoms with E-state index in [0.717, 1.165) is 11.1 Å². The average Bonchev–Trinajstić information content (AvgIpc) is 2.14. The third-order valence-electron chi connectivity index (χ3n) is 3.18. The molecule has 20 heavy (non-hydrogen) atoms. The summed E-state index contributed by atoms with van der Waals surface area (Å²) < 4.78 is 0. The molecular formula is C15H26O4P+. The minimum absolute atomic E-state index is 0.195. The molecule has 0 fully saturated rings. The highest BCUT2D eigenvalue weighted by molar-refractivity contribution is 7.57. The van der Waals surface area contributed by atoms with E-state index < -0.39 is 7.94 Å². The van der Waals surface area contributed by atoms with E-state index in [4.69, 9.17) is 0 Å². The highest BCUT2D eigenvalue weighted by Crippen LogP contribution is 2.50. The van der Waals surface area contributed by atoms with Gasteiger partial charge in [0.25, 0.3) is 0 Å². The molecule has 5 heteroatoms. The number of phenols is 1. The minimum atomic E-state index is -3.88. The zero-order chi connectivity index (χ0) is 15.9. The zero-order valence-electron chi connectivity index (χ0n) is 13.1. The van der Waals surface area contributed by atoms with Crippen LogP contribution in [0.15, 0.2) is 12.1 Å². The molecule has 0 aliphatic rings. The standard InChI is InChI=1S/C15H25O4P/c1-14(2,3)11-7-10(9-20(17,18)19)8-12(13(11)16)15(4,5)6/h7-8,17-19H,9H2,1-6H3/p+1. The van der Waals surface area contributed by atoms with Gasteiger partial charge in [0.2, 0.25) is 0 Å². The number of hydrogen-bond acceptors (Lipinski definition) is 4. The van der Waals surface area contributed by atoms with Crippen molar-refractivity contribution in [2.75, 3.05) is 0 Å². The number of hydrogen-bond donors (Lipinski definition) is 4. The Bertz CT molecular complexity index is 455. The summed E-state index contributed by atoms with van der Waals surface area (Å²) in [7, 11) is -3.88. The van der Waals surface area contributed by atoms with Gasteiger partial charge in [0.05, 0.1) is 0 Å². The molecule has 1 rings (SSSR count). The lowest BCUT2D eigenvalue weighted by atomic mass is 9.78. The first-order valence-corrected chi connectivity index (χ1v) is 8.48. The lowest BCUT2D eigenvalue weighted by Gasteiger charge is -2.28. The van der Waals surface area contributed by atoms with Crippen LogP contribution >= 0.6 is 7.94 Å². The van der Waals surface area contributed by atoms with Crippen LogP contribution in [-0.4, -0.2) is 19.8 Å². The minimum Gasteiger partial charge on any atom is -0.507 e. The maximum Gasteiger partial charge on any atom is 0.408 e. The Balaban J connectivity index is 3.51. The molecule has 0 atom stereocenters. The molecular weight excluding hydrogens is 275 g/mol. The predicted octanol–water partition coefficient (Wildman–Crippen LogP) is 3.23. The third kappa shape index (κ3) is 4.42. The maximum absolute atomic E-state index is 10.5. The van der Waals surface area contributed by atoms with Crippen LogP contribution in [0.5, 0.6) is 5.75 Å². The fourth-order valence-electron chi connectivity index (χ4n) is 2.17. The fourth-order valence-corrected chi connectivity index (χ4v) is 2.85. The second kappa shape index (κ2) is 5.27. The molecule has 0 bridgehead atoms. The quantitative estimate of drug-likeness (QED) is 0.632. The Hall–Kier alpha value is -0.670. The van der Waals surface area contributed by atoms with Gasteiger partial charge in [-0.1, -0.05) is 41.5 Å². The summed E-state index contributed by atoms with van der Waals surface area (Å²) in [5.41, 5.74) is 1.56. The largest absolute Gasteiger partial charge is 0.507 e. The van der Waals surface area contributed by atoms with E-state index in [1.165, 1.54) is 0 Å². The van der Waals surface area contributed by atoms with Crippen molar-refractivity contribution >= 4 is 7.94 Å². The summed E-state index contributed by atoms with van der Waals surface area (Å²) >= 11 is 0. The third-order valence-corrected chi connectivity index (χ3v) is 3.97. The van der Waals surface area contributed by atoms with Crippen molar-refractivity contribution in [3.63, 3.8) is 0 Å². The Morgan fingerprint density at radius 2 is 1.20 bits per heavy atom. The van der Waals surface area contributed by atoms with Crippen LogP contribution in [0.3, 0.4) is 0 Å². The Kier molecular flexibility index (Phi) is 4.58. The van der Waals surface area contributed by atoms with Crippen molar-refractivity contribution in [3.05, 3.63) is 28.8 Å². The van der Waals surface area contributed by atoms with Gasteiger partial charge in [0.1, 0.15) is 5.75 Å². The first kappa shape index (κ1) is 17.4. The lowest BCUT2D eigenvalue weighted by molar-refractivity contribution is 0.329. The molecule has 0 amide bonds. The van der Waals surface area contributed by atoms with Crippen molar-refractivity contribution < 1.29 is 19.8 Å². The van der Waals surface area contributed by atoms with Gasteiger partial charge in [0, 0.05) is 0 Å². The second-order valence-corrected chi connectivity index (χ2v) is 9.09. The molecule has 0 unspecified atom stereocenters. The monoisotopic (exact) mass is 301 g/mol. The predicted molar refractivity (Wildman–Crippen MR) is 82.8 cm³/mol. The summed E-state index contributed by atoms with van der Waals surface area (Å²) in [6, 6.07) is 3.48. The zero-order valence-corrected chi connectivity index (χ0v) is 14.0. The van der Waals surface area contributed by atoms with Gasteiger partial charge in [-0.05, 0) is 39.7 Å². The number of aromatic hydroxyl groups is 1. The smallest absolute Gasteiger partial charge is 0.408 e. The summed E-state index contributed by atoms with van der Waals surface area (Å²) in [4.78, 5) is 27.9. The molecule has 0 heterocycles. The van der Waals surface area contributed by atoms with Crippen molar-refractivity contribution in [2.45, 2.75) is 58.5 Å². The van der Waals surface area contributed by atoms with Crippen LogP contribution in [0.1, 0.15) is 58.2 Å². The number of rotatable bonds is 2. The van der Waals surface area contributed by atoms with E-state index in [-0.39, 0.29) is 22.7 Å². The molecule has 114 valence electrons. The van der Waals surface area contributed by atoms with Crippen molar-refractivity contribution in [1.29, 1.82) is 0 Å². The van der Waals surface area contributed by atoms with Gasteiger partial charge in [0.15, 0.2) is 6.16 Å². The van der Waals surface area contributed by atoms with E-state index in [1.807, 2.05) is 41.5 Å². The highest BCUT2D eigenvalue weighted by Gasteiger charge is 2.33. The second-order valence-electron chi connectivity index (χ2n) is 7.39. The Morgan fingerprint density at radius 3 is 1.45 bits per heavy atom. The van der Waals surface area contributed by atoms with Gasteiger partial charge in [-0.2, -0.15) is 14.7 Å². The lowest BCUT2D eigenvalue weighted by Crippen LogP contribution is -2.18. The van der Waals surface area contributed by atoms with Gasteiger partial charge >= 0.3 is 7.94 Å². The van der Waals surface area contributed by atoms with Crippen molar-refractivity contribution in [1.82, 2.24) is 0 Å². The first-order chi connectivity index (χ1) is 8.72. The van der Waals surface area contributed by atoms with Gasteiger partial charge in [-0.15, -0.1) is 0 Å². The molecule has 4 N–H and O–H groups in total. The number of benzene rings is 1. The van der Waals surface area contributed by atoms with Crippen LogP contribution < -0.4 is 0 Å². The first-order valence-electron chi connectivity index (χ1n) is 6.65. The SMILES string of the molecule is CC(C)(C)c1cc(C[P+](O)(O)O)cc(C(C)(C)C)c1O. The highest BCUT2D eigenvalue weighted by atomic mass is 31.2. The summed E-state index contributed by atoms with van der Waals surface area (Å²) in [5.74, 6) is 0.242. The number of phenolic OH excluding ortho intramolecular Hbond substituents is 1. The molecule has 0 spiro atoms. The van der Waals surface area contributed by atoms with Crippen LogP contribution in [0.25, 0.3) is 0 Å². The molecule has 0 radical (unpaired) electrons. The molecule has 0 aliphatic carbocycles. The van der Waals surface area contributed by atoms with Crippen LogP contribution in [0.4, 0.5) is 0 Å². The normalized spacial score (nSPS) is 13.7. The summed E-state index contributed by atoms with van der Waals surface area (Å²) in [5, 5.41) is 10.5. The molecule has 1 aromatic rings. The average molecular weight is 301 g/mol. The Labute approximate surface area is 121 Å². The Morgan fingerprint density at radius 1 is 0.850 bits per heavy atom. The molecule has 0 aromatic heterocycles. The van der Waals surface area contributed by atoms with E-state index in [9.17, 15) is 19.8 Å². The molecule has 4 nitrogen and oxygen atoms in total. The summed E-state index contributed by atoms with van der Waals surface area (Å²) in [6.45, 7) is 11.9. The topological polar surface area (TPSA) is 80.9 Å². The van der Waals surface area contributed by atoms with Gasteiger partial charge in [-0.3, -0.25) is 0 Å². The maximum atomic E-state index is 10.5. The van der Waals surface area contributed by atoms with Crippen LogP contribution in [0.2, 0.25) is 0 Å². The van der Waals surface area contributed by atoms with Crippen LogP contribution in [-0.2, 0) is 17.0 Å². The molecule has 1 aromatic carbocycles. The van der Waals surface area contributed by atoms with Crippen molar-refractivity contribution in [3.8, 4) is 5.75 Å². The molecule has 0 saturated heterocycles. The summed E-state index contributed by atoms with van der Waals surface area (Å²) in [6.07, 6.45) is -0.195. The van der Waals surface area contributed by atoms with Crippen molar-refractivity contribution in [2.24, 2.45) is 0 Å². The molecule has 0 aliphatic heterocycles.